The van der Waals surface area contributed by atoms with Crippen molar-refractivity contribution in [3.8, 4) is 0 Å². The molecule has 1 heterocycles. The van der Waals surface area contributed by atoms with Crippen LogP contribution in [0.5, 0.6) is 0 Å². The third-order valence-electron chi connectivity index (χ3n) is 7.54. The summed E-state index contributed by atoms with van der Waals surface area (Å²) in [5.41, 5.74) is 2.20. The van der Waals surface area contributed by atoms with Gasteiger partial charge in [-0.2, -0.15) is 13.0 Å². The number of nitrogens with one attached hydrogen (secondary N) is 1. The molecule has 14 heteroatoms. The van der Waals surface area contributed by atoms with Crippen LogP contribution in [-0.4, -0.2) is 63.0 Å². The van der Waals surface area contributed by atoms with Crippen molar-refractivity contribution in [3.63, 3.8) is 0 Å². The minimum absolute atomic E-state index is 0.00460. The number of amides is 2. The zero-order chi connectivity index (χ0) is 33.3. The van der Waals surface area contributed by atoms with Crippen molar-refractivity contribution in [1.82, 2.24) is 9.62 Å². The molecular formula is C32H39N4O8S2+. The monoisotopic (exact) mass is 671 g/mol. The highest BCUT2D eigenvalue weighted by Gasteiger charge is 2.34. The van der Waals surface area contributed by atoms with Crippen molar-refractivity contribution in [3.05, 3.63) is 83.9 Å². The van der Waals surface area contributed by atoms with Gasteiger partial charge in [0.05, 0.1) is 33.6 Å². The van der Waals surface area contributed by atoms with Gasteiger partial charge in [-0.1, -0.05) is 42.0 Å². The van der Waals surface area contributed by atoms with Crippen LogP contribution < -0.4 is 15.8 Å². The van der Waals surface area contributed by atoms with Gasteiger partial charge in [0.15, 0.2) is 6.54 Å². The normalized spacial score (nSPS) is 12.0. The van der Waals surface area contributed by atoms with Crippen LogP contribution >= 0.6 is 0 Å². The first-order chi connectivity index (χ1) is 21.9. The molecule has 4 rings (SSSR count). The molecule has 3 aromatic carbocycles. The summed E-state index contributed by atoms with van der Waals surface area (Å²) in [5, 5.41) is 3.74. The van der Waals surface area contributed by atoms with Gasteiger partial charge in [-0.15, -0.1) is 0 Å². The molecule has 0 aliphatic heterocycles. The van der Waals surface area contributed by atoms with E-state index in [2.05, 4.69) is 10.2 Å². The zero-order valence-corrected chi connectivity index (χ0v) is 27.2. The van der Waals surface area contributed by atoms with E-state index in [0.717, 1.165) is 9.87 Å². The zero-order valence-electron chi connectivity index (χ0n) is 25.6. The lowest BCUT2D eigenvalue weighted by Gasteiger charge is -2.24. The van der Waals surface area contributed by atoms with E-state index in [-0.39, 0.29) is 48.7 Å². The van der Waals surface area contributed by atoms with Crippen molar-refractivity contribution in [2.24, 2.45) is 5.90 Å². The van der Waals surface area contributed by atoms with E-state index < -0.39 is 31.8 Å². The Hall–Kier alpha value is -3.95. The second kappa shape index (κ2) is 15.6. The molecule has 0 radical (unpaired) electrons. The van der Waals surface area contributed by atoms with Gasteiger partial charge in [-0.05, 0) is 50.5 Å². The second-order valence-corrected chi connectivity index (χ2v) is 14.4. The lowest BCUT2D eigenvalue weighted by molar-refractivity contribution is -0.645. The molecule has 2 amide bonds. The Morgan fingerprint density at radius 2 is 1.48 bits per heavy atom. The number of rotatable bonds is 16. The molecule has 0 fully saturated rings. The summed E-state index contributed by atoms with van der Waals surface area (Å²) in [4.78, 5) is 31.6. The fraction of sp³-hybridized carbons (Fsp3) is 0.344. The number of aryl methyl sites for hydroxylation is 2. The van der Waals surface area contributed by atoms with Gasteiger partial charge < -0.3 is 10.2 Å². The number of hydrogen-bond donors (Lipinski definition) is 3. The molecular weight excluding hydrogens is 633 g/mol. The van der Waals surface area contributed by atoms with Gasteiger partial charge in [-0.3, -0.25) is 14.1 Å². The highest BCUT2D eigenvalue weighted by Crippen LogP contribution is 2.29. The van der Waals surface area contributed by atoms with Crippen LogP contribution in [0.1, 0.15) is 48.0 Å². The molecule has 1 aromatic heterocycles. The molecule has 46 heavy (non-hydrogen) atoms. The van der Waals surface area contributed by atoms with E-state index in [1.54, 1.807) is 60.7 Å². The van der Waals surface area contributed by atoms with Gasteiger partial charge in [0, 0.05) is 38.1 Å². The topological polar surface area (TPSA) is 177 Å². The summed E-state index contributed by atoms with van der Waals surface area (Å²) in [6, 6.07) is 20.2. The van der Waals surface area contributed by atoms with Gasteiger partial charge in [0.2, 0.25) is 16.9 Å². The number of unbranched alkanes of at least 4 members (excludes halogenated alkanes) is 1. The first-order valence-corrected chi connectivity index (χ1v) is 18.0. The Morgan fingerprint density at radius 3 is 2.07 bits per heavy atom. The summed E-state index contributed by atoms with van der Waals surface area (Å²) < 4.78 is 63.0. The summed E-state index contributed by atoms with van der Waals surface area (Å²) in [7, 11) is -8.53. The number of aromatic nitrogens is 1. The largest absolute Gasteiger partial charge is 0.356 e. The summed E-state index contributed by atoms with van der Waals surface area (Å²) in [6.07, 6.45) is 1.55. The van der Waals surface area contributed by atoms with Crippen LogP contribution in [-0.2, 0) is 36.3 Å². The van der Waals surface area contributed by atoms with Crippen molar-refractivity contribution < 1.29 is 40.4 Å². The van der Waals surface area contributed by atoms with Crippen LogP contribution in [0.25, 0.3) is 21.8 Å². The average Bonchev–Trinajstić information content (AvgIpc) is 3.02. The number of fused-ring (bicyclic) bond motifs is 2. The average molecular weight is 672 g/mol. The molecule has 12 nitrogen and oxygen atoms in total. The predicted molar refractivity (Wildman–Crippen MR) is 174 cm³/mol. The molecule has 0 saturated carbocycles. The standard InChI is InChI=1S/C32H38N4O8S2/c1-24-15-17-25(18-16-24)46(42,43)36(21-8-14-30(37)34-19-6-7-22-44-33)32(38)31-26-10-2-4-12-28(26)35(20-9-23-45(39,40)41)29-13-5-3-11-27(29)31/h2-5,10-13,15-18H,6-9,14,19-23,33H2,1H3,(H-,34,37,39,40,41)/p+1. The number of sulfonamides is 1. The molecule has 0 aliphatic carbocycles. The number of nitrogens with zero attached hydrogens (tertiary/aromatic N) is 2. The lowest BCUT2D eigenvalue weighted by Crippen LogP contribution is -2.41. The number of carbonyl (C=O) groups is 2. The van der Waals surface area contributed by atoms with E-state index in [4.69, 9.17) is 5.90 Å². The smallest absolute Gasteiger partial charge is 0.269 e. The van der Waals surface area contributed by atoms with Crippen LogP contribution in [0, 0.1) is 6.92 Å². The van der Waals surface area contributed by atoms with Gasteiger partial charge in [0.25, 0.3) is 26.0 Å². The Morgan fingerprint density at radius 1 is 0.870 bits per heavy atom. The summed E-state index contributed by atoms with van der Waals surface area (Å²) in [5.74, 6) is 3.56. The van der Waals surface area contributed by atoms with E-state index in [1.165, 1.54) is 12.1 Å². The van der Waals surface area contributed by atoms with Crippen molar-refractivity contribution in [2.75, 3.05) is 25.4 Å². The molecule has 0 unspecified atom stereocenters. The van der Waals surface area contributed by atoms with Crippen LogP contribution in [0.2, 0.25) is 0 Å². The third-order valence-corrected chi connectivity index (χ3v) is 10.1. The van der Waals surface area contributed by atoms with Crippen LogP contribution in [0.15, 0.2) is 77.7 Å². The fourth-order valence-corrected chi connectivity index (χ4v) is 7.20. The molecule has 246 valence electrons. The molecule has 0 spiro atoms. The molecule has 0 bridgehead atoms. The number of pyridine rings is 1. The van der Waals surface area contributed by atoms with E-state index in [9.17, 15) is 31.0 Å². The maximum atomic E-state index is 14.6. The predicted octanol–water partition coefficient (Wildman–Crippen LogP) is 3.26. The first kappa shape index (κ1) is 34.9. The number of carbonyl (C=O) groups excluding carboxylic acids is 2. The van der Waals surface area contributed by atoms with Gasteiger partial charge in [-0.25, -0.2) is 18.6 Å². The van der Waals surface area contributed by atoms with Gasteiger partial charge >= 0.3 is 0 Å². The lowest BCUT2D eigenvalue weighted by atomic mass is 10.0. The van der Waals surface area contributed by atoms with Crippen molar-refractivity contribution >= 4 is 53.8 Å². The van der Waals surface area contributed by atoms with E-state index in [0.29, 0.717) is 47.8 Å². The maximum absolute atomic E-state index is 14.6. The molecule has 0 saturated heterocycles. The highest BCUT2D eigenvalue weighted by molar-refractivity contribution is 7.89. The number of para-hydroxylation sites is 2. The highest BCUT2D eigenvalue weighted by atomic mass is 32.2. The molecule has 0 atom stereocenters. The Bertz CT molecular complexity index is 1860. The maximum Gasteiger partial charge on any atom is 0.269 e. The van der Waals surface area contributed by atoms with Crippen molar-refractivity contribution in [1.29, 1.82) is 0 Å². The molecule has 4 aromatic rings. The first-order valence-electron chi connectivity index (χ1n) is 14.9. The SMILES string of the molecule is Cc1ccc(S(=O)(=O)N(CCCC(=O)NCCCCON)C(=O)c2c3ccccc3[n+](CCCS(=O)(=O)O)c3ccccc23)cc1. The number of hydrogen-bond acceptors (Lipinski definition) is 8. The minimum Gasteiger partial charge on any atom is -0.356 e. The Balaban J connectivity index is 1.74. The van der Waals surface area contributed by atoms with Crippen LogP contribution in [0.4, 0.5) is 0 Å². The molecule has 0 aliphatic rings. The quantitative estimate of drug-likeness (QED) is 0.0530. The summed E-state index contributed by atoms with van der Waals surface area (Å²) in [6.45, 7) is 2.59. The third kappa shape index (κ3) is 8.65. The fourth-order valence-electron chi connectivity index (χ4n) is 5.29. The van der Waals surface area contributed by atoms with E-state index >= 15 is 0 Å². The van der Waals surface area contributed by atoms with E-state index in [1.807, 2.05) is 11.5 Å². The Labute approximate surface area is 268 Å². The summed E-state index contributed by atoms with van der Waals surface area (Å²) >= 11 is 0. The van der Waals surface area contributed by atoms with Gasteiger partial charge in [0.1, 0.15) is 0 Å². The number of benzene rings is 3. The molecule has 4 N–H and O–H groups in total. The number of nitrogens with two attached hydrogens (primary N) is 1. The minimum atomic E-state index is -4.34. The Kier molecular flexibility index (Phi) is 11.8. The van der Waals surface area contributed by atoms with Crippen LogP contribution in [0.3, 0.4) is 0 Å². The second-order valence-electron chi connectivity index (χ2n) is 10.9. The van der Waals surface area contributed by atoms with Crippen molar-refractivity contribution in [2.45, 2.75) is 50.5 Å².